The molecule has 0 aliphatic rings. The molecule has 0 radical (unpaired) electrons. The summed E-state index contributed by atoms with van der Waals surface area (Å²) in [5.74, 6) is 0.242. The molecule has 2 atom stereocenters. The van der Waals surface area contributed by atoms with Gasteiger partial charge in [0.05, 0.1) is 25.1 Å². The number of aryl methyl sites for hydroxylation is 2. The first kappa shape index (κ1) is 21.8. The molecular formula is C21H28N2O4S. The van der Waals surface area contributed by atoms with E-state index in [1.54, 1.807) is 31.2 Å². The zero-order chi connectivity index (χ0) is 21.1. The quantitative estimate of drug-likeness (QED) is 0.768. The van der Waals surface area contributed by atoms with E-state index >= 15 is 0 Å². The smallest absolute Gasteiger partial charge is 0.244 e. The van der Waals surface area contributed by atoms with Crippen LogP contribution in [0.25, 0.3) is 0 Å². The molecule has 1 amide bonds. The number of ether oxygens (including phenoxy) is 1. The van der Waals surface area contributed by atoms with Gasteiger partial charge in [-0.15, -0.1) is 0 Å². The van der Waals surface area contributed by atoms with Crippen molar-refractivity contribution in [2.45, 2.75) is 39.8 Å². The molecule has 0 saturated heterocycles. The highest BCUT2D eigenvalue weighted by molar-refractivity contribution is 7.92. The molecule has 2 aromatic carbocycles. The number of amides is 1. The molecule has 2 rings (SSSR count). The molecule has 0 bridgehead atoms. The number of sulfonamides is 1. The SMILES string of the molecule is COc1ccc(N([C@@H](C)C(=O)N[C@H](C)c2ccc(C)cc2C)S(C)(=O)=O)cc1. The van der Waals surface area contributed by atoms with Crippen LogP contribution in [0.4, 0.5) is 5.69 Å². The number of carbonyl (C=O) groups is 1. The second-order valence-corrected chi connectivity index (χ2v) is 8.88. The van der Waals surface area contributed by atoms with Gasteiger partial charge in [0.2, 0.25) is 15.9 Å². The van der Waals surface area contributed by atoms with Crippen molar-refractivity contribution < 1.29 is 17.9 Å². The first-order valence-electron chi connectivity index (χ1n) is 9.05. The van der Waals surface area contributed by atoms with E-state index in [9.17, 15) is 13.2 Å². The van der Waals surface area contributed by atoms with E-state index in [0.717, 1.165) is 27.3 Å². The molecule has 0 aliphatic heterocycles. The first-order valence-corrected chi connectivity index (χ1v) is 10.9. The number of rotatable bonds is 7. The third-order valence-electron chi connectivity index (χ3n) is 4.67. The molecule has 0 spiro atoms. The van der Waals surface area contributed by atoms with Gasteiger partial charge in [-0.25, -0.2) is 8.42 Å². The summed E-state index contributed by atoms with van der Waals surface area (Å²) in [4.78, 5) is 12.8. The van der Waals surface area contributed by atoms with Gasteiger partial charge in [0.15, 0.2) is 0 Å². The molecule has 0 saturated carbocycles. The zero-order valence-corrected chi connectivity index (χ0v) is 18.0. The Labute approximate surface area is 167 Å². The number of anilines is 1. The monoisotopic (exact) mass is 404 g/mol. The molecule has 0 fully saturated rings. The third kappa shape index (κ3) is 5.04. The predicted molar refractivity (Wildman–Crippen MR) is 112 cm³/mol. The van der Waals surface area contributed by atoms with Gasteiger partial charge in [-0.3, -0.25) is 9.10 Å². The summed E-state index contributed by atoms with van der Waals surface area (Å²) in [6.07, 6.45) is 1.09. The standard InChI is InChI=1S/C21H28N2O4S/c1-14-7-12-20(15(2)13-14)16(3)22-21(24)17(4)23(28(6,25)26)18-8-10-19(27-5)11-9-18/h7-13,16-17H,1-6H3,(H,22,24)/t16-,17+/m1/s1. The second kappa shape index (κ2) is 8.65. The zero-order valence-electron chi connectivity index (χ0n) is 17.2. The molecule has 6 nitrogen and oxygen atoms in total. The van der Waals surface area contributed by atoms with Crippen LogP contribution < -0.4 is 14.4 Å². The van der Waals surface area contributed by atoms with Crippen LogP contribution >= 0.6 is 0 Å². The average molecular weight is 405 g/mol. The van der Waals surface area contributed by atoms with Crippen LogP contribution in [-0.4, -0.2) is 33.7 Å². The van der Waals surface area contributed by atoms with E-state index in [-0.39, 0.29) is 11.9 Å². The minimum Gasteiger partial charge on any atom is -0.497 e. The summed E-state index contributed by atoms with van der Waals surface area (Å²) in [6.45, 7) is 7.48. The number of carbonyl (C=O) groups excluding carboxylic acids is 1. The van der Waals surface area contributed by atoms with Crippen LogP contribution in [0.15, 0.2) is 42.5 Å². The maximum absolute atomic E-state index is 12.8. The molecule has 0 aliphatic carbocycles. The molecule has 0 unspecified atom stereocenters. The molecule has 2 aromatic rings. The summed E-state index contributed by atoms with van der Waals surface area (Å²) >= 11 is 0. The van der Waals surface area contributed by atoms with Gasteiger partial charge in [-0.1, -0.05) is 23.8 Å². The van der Waals surface area contributed by atoms with Crippen molar-refractivity contribution in [1.82, 2.24) is 5.32 Å². The number of benzene rings is 2. The van der Waals surface area contributed by atoms with Crippen molar-refractivity contribution in [2.24, 2.45) is 0 Å². The lowest BCUT2D eigenvalue weighted by molar-refractivity contribution is -0.122. The lowest BCUT2D eigenvalue weighted by atomic mass is 10.00. The Balaban J connectivity index is 2.25. The van der Waals surface area contributed by atoms with Gasteiger partial charge in [0, 0.05) is 0 Å². The third-order valence-corrected chi connectivity index (χ3v) is 5.91. The number of hydrogen-bond acceptors (Lipinski definition) is 4. The van der Waals surface area contributed by atoms with Crippen molar-refractivity contribution in [3.8, 4) is 5.75 Å². The van der Waals surface area contributed by atoms with Crippen LogP contribution in [0.5, 0.6) is 5.75 Å². The number of nitrogens with zero attached hydrogens (tertiary/aromatic N) is 1. The molecule has 28 heavy (non-hydrogen) atoms. The lowest BCUT2D eigenvalue weighted by Gasteiger charge is -2.29. The van der Waals surface area contributed by atoms with Crippen LogP contribution in [0, 0.1) is 13.8 Å². The molecule has 0 heterocycles. The highest BCUT2D eigenvalue weighted by Crippen LogP contribution is 2.25. The lowest BCUT2D eigenvalue weighted by Crippen LogP contribution is -2.48. The minimum absolute atomic E-state index is 0.243. The van der Waals surface area contributed by atoms with Crippen molar-refractivity contribution in [1.29, 1.82) is 0 Å². The van der Waals surface area contributed by atoms with E-state index < -0.39 is 16.1 Å². The van der Waals surface area contributed by atoms with E-state index in [1.807, 2.05) is 32.9 Å². The Morgan fingerprint density at radius 2 is 1.68 bits per heavy atom. The average Bonchev–Trinajstić information content (AvgIpc) is 2.61. The van der Waals surface area contributed by atoms with Crippen molar-refractivity contribution in [3.63, 3.8) is 0 Å². The highest BCUT2D eigenvalue weighted by Gasteiger charge is 2.30. The second-order valence-electron chi connectivity index (χ2n) is 7.02. The van der Waals surface area contributed by atoms with E-state index in [4.69, 9.17) is 4.74 Å². The topological polar surface area (TPSA) is 75.7 Å². The Morgan fingerprint density at radius 3 is 2.18 bits per heavy atom. The van der Waals surface area contributed by atoms with Crippen molar-refractivity contribution in [2.75, 3.05) is 17.7 Å². The summed E-state index contributed by atoms with van der Waals surface area (Å²) in [6, 6.07) is 11.5. The van der Waals surface area contributed by atoms with Crippen molar-refractivity contribution >= 4 is 21.6 Å². The fourth-order valence-electron chi connectivity index (χ4n) is 3.26. The maximum Gasteiger partial charge on any atom is 0.244 e. The van der Waals surface area contributed by atoms with E-state index in [1.165, 1.54) is 7.11 Å². The summed E-state index contributed by atoms with van der Waals surface area (Å²) in [5, 5.41) is 2.93. The van der Waals surface area contributed by atoms with Gasteiger partial charge >= 0.3 is 0 Å². The Morgan fingerprint density at radius 1 is 1.07 bits per heavy atom. The van der Waals surface area contributed by atoms with Gasteiger partial charge < -0.3 is 10.1 Å². The van der Waals surface area contributed by atoms with Crippen LogP contribution in [0.2, 0.25) is 0 Å². The normalized spacial score (nSPS) is 13.5. The first-order chi connectivity index (χ1) is 13.0. The number of methoxy groups -OCH3 is 1. The Hall–Kier alpha value is -2.54. The van der Waals surface area contributed by atoms with Gasteiger partial charge in [0.1, 0.15) is 11.8 Å². The van der Waals surface area contributed by atoms with Gasteiger partial charge in [-0.2, -0.15) is 0 Å². The molecule has 152 valence electrons. The summed E-state index contributed by atoms with van der Waals surface area (Å²) < 4.78 is 31.0. The molecule has 7 heteroatoms. The van der Waals surface area contributed by atoms with E-state index in [0.29, 0.717) is 11.4 Å². The molecular weight excluding hydrogens is 376 g/mol. The fraction of sp³-hybridized carbons (Fsp3) is 0.381. The number of nitrogens with one attached hydrogen (secondary N) is 1. The predicted octanol–water partition coefficient (Wildman–Crippen LogP) is 3.34. The largest absolute Gasteiger partial charge is 0.497 e. The Kier molecular flexibility index (Phi) is 6.72. The maximum atomic E-state index is 12.8. The minimum atomic E-state index is -3.66. The van der Waals surface area contributed by atoms with Gasteiger partial charge in [0.25, 0.3) is 0 Å². The van der Waals surface area contributed by atoms with Crippen molar-refractivity contribution in [3.05, 3.63) is 59.2 Å². The van der Waals surface area contributed by atoms with Crippen LogP contribution in [0.1, 0.15) is 36.6 Å². The van der Waals surface area contributed by atoms with Gasteiger partial charge in [-0.05, 0) is 63.1 Å². The number of hydrogen-bond donors (Lipinski definition) is 1. The highest BCUT2D eigenvalue weighted by atomic mass is 32.2. The van der Waals surface area contributed by atoms with Crippen LogP contribution in [-0.2, 0) is 14.8 Å². The summed E-state index contributed by atoms with van der Waals surface area (Å²) in [5.41, 5.74) is 3.64. The molecule has 0 aromatic heterocycles. The molecule has 1 N–H and O–H groups in total. The Bertz CT molecular complexity index is 939. The summed E-state index contributed by atoms with van der Waals surface area (Å²) in [7, 11) is -2.13. The van der Waals surface area contributed by atoms with E-state index in [2.05, 4.69) is 11.4 Å². The fourth-order valence-corrected chi connectivity index (χ4v) is 4.44. The van der Waals surface area contributed by atoms with Crippen LogP contribution in [0.3, 0.4) is 0 Å².